The number of rotatable bonds is 4. The van der Waals surface area contributed by atoms with Gasteiger partial charge in [-0.2, -0.15) is 0 Å². The molecule has 0 bridgehead atoms. The van der Waals surface area contributed by atoms with E-state index in [1.165, 1.54) is 0 Å². The zero-order valence-corrected chi connectivity index (χ0v) is 12.1. The molecule has 0 aliphatic rings. The van der Waals surface area contributed by atoms with Gasteiger partial charge < -0.3 is 20.5 Å². The topological polar surface area (TPSA) is 73.6 Å². The third-order valence-corrected chi connectivity index (χ3v) is 2.35. The lowest BCUT2D eigenvalue weighted by atomic mass is 10.2. The Balaban J connectivity index is 2.27. The fourth-order valence-electron chi connectivity index (χ4n) is 1.25. The number of nitrogen functional groups attached to an aromatic ring is 1. The van der Waals surface area contributed by atoms with E-state index in [9.17, 15) is 4.79 Å². The van der Waals surface area contributed by atoms with Gasteiger partial charge in [-0.3, -0.25) is 0 Å². The van der Waals surface area contributed by atoms with Crippen LogP contribution in [0.5, 0.6) is 5.75 Å². The third kappa shape index (κ3) is 6.20. The van der Waals surface area contributed by atoms with Gasteiger partial charge in [0.2, 0.25) is 0 Å². The Morgan fingerprint density at radius 3 is 2.68 bits per heavy atom. The molecule has 1 aromatic carbocycles. The summed E-state index contributed by atoms with van der Waals surface area (Å²) in [6.07, 6.45) is -0.466. The van der Waals surface area contributed by atoms with Crippen molar-refractivity contribution in [3.63, 3.8) is 0 Å². The van der Waals surface area contributed by atoms with Crippen molar-refractivity contribution in [3.05, 3.63) is 23.2 Å². The van der Waals surface area contributed by atoms with Crippen LogP contribution in [-0.4, -0.2) is 24.8 Å². The maximum Gasteiger partial charge on any atom is 0.407 e. The number of hydrogen-bond acceptors (Lipinski definition) is 4. The molecule has 19 heavy (non-hydrogen) atoms. The van der Waals surface area contributed by atoms with Crippen LogP contribution >= 0.6 is 11.6 Å². The first kappa shape index (κ1) is 15.4. The largest absolute Gasteiger partial charge is 0.492 e. The van der Waals surface area contributed by atoms with E-state index in [1.807, 2.05) is 0 Å². The summed E-state index contributed by atoms with van der Waals surface area (Å²) in [4.78, 5) is 11.3. The zero-order chi connectivity index (χ0) is 14.5. The summed E-state index contributed by atoms with van der Waals surface area (Å²) in [5, 5.41) is 3.08. The van der Waals surface area contributed by atoms with Gasteiger partial charge in [0.25, 0.3) is 0 Å². The zero-order valence-electron chi connectivity index (χ0n) is 11.3. The first-order valence-electron chi connectivity index (χ1n) is 5.92. The molecule has 0 spiro atoms. The number of carbonyl (C=O) groups is 1. The fraction of sp³-hybridized carbons (Fsp3) is 0.462. The minimum Gasteiger partial charge on any atom is -0.492 e. The number of anilines is 1. The summed E-state index contributed by atoms with van der Waals surface area (Å²) in [6.45, 7) is 6.08. The maximum absolute atomic E-state index is 11.3. The molecule has 0 saturated heterocycles. The second-order valence-electron chi connectivity index (χ2n) is 4.96. The number of alkyl carbamates (subject to hydrolysis) is 1. The van der Waals surface area contributed by atoms with Gasteiger partial charge in [-0.25, -0.2) is 4.79 Å². The number of halogens is 1. The van der Waals surface area contributed by atoms with Gasteiger partial charge in [0.15, 0.2) is 0 Å². The molecule has 0 radical (unpaired) electrons. The standard InChI is InChI=1S/C13H19ClN2O3/c1-13(2,3)19-12(17)16-6-7-18-9-4-5-10(14)11(15)8-9/h4-5,8H,6-7,15H2,1-3H3,(H,16,17). The average molecular weight is 287 g/mol. The molecule has 0 unspecified atom stereocenters. The van der Waals surface area contributed by atoms with Crippen molar-refractivity contribution in [2.45, 2.75) is 26.4 Å². The highest BCUT2D eigenvalue weighted by atomic mass is 35.5. The molecule has 3 N–H and O–H groups in total. The summed E-state index contributed by atoms with van der Waals surface area (Å²) >= 11 is 5.79. The normalized spacial score (nSPS) is 10.9. The number of amides is 1. The van der Waals surface area contributed by atoms with E-state index in [4.69, 9.17) is 26.8 Å². The van der Waals surface area contributed by atoms with Gasteiger partial charge in [0, 0.05) is 6.07 Å². The molecule has 0 saturated carbocycles. The fourth-order valence-corrected chi connectivity index (χ4v) is 1.37. The van der Waals surface area contributed by atoms with Crippen molar-refractivity contribution < 1.29 is 14.3 Å². The number of benzene rings is 1. The Morgan fingerprint density at radius 2 is 2.11 bits per heavy atom. The highest BCUT2D eigenvalue weighted by Crippen LogP contribution is 2.23. The first-order valence-corrected chi connectivity index (χ1v) is 6.30. The van der Waals surface area contributed by atoms with Gasteiger partial charge in [-0.1, -0.05) is 11.6 Å². The number of ether oxygens (including phenoxy) is 2. The van der Waals surface area contributed by atoms with Gasteiger partial charge in [-0.05, 0) is 32.9 Å². The van der Waals surface area contributed by atoms with E-state index in [0.717, 1.165) is 0 Å². The van der Waals surface area contributed by atoms with Crippen LogP contribution in [-0.2, 0) is 4.74 Å². The Labute approximate surface area is 118 Å². The van der Waals surface area contributed by atoms with Crippen molar-refractivity contribution in [2.75, 3.05) is 18.9 Å². The van der Waals surface area contributed by atoms with Crippen LogP contribution in [0, 0.1) is 0 Å². The lowest BCUT2D eigenvalue weighted by Gasteiger charge is -2.19. The van der Waals surface area contributed by atoms with E-state index in [-0.39, 0.29) is 0 Å². The molecule has 0 aliphatic heterocycles. The molecule has 106 valence electrons. The van der Waals surface area contributed by atoms with E-state index in [0.29, 0.717) is 29.6 Å². The summed E-state index contributed by atoms with van der Waals surface area (Å²) in [5.74, 6) is 0.605. The number of nitrogens with two attached hydrogens (primary N) is 1. The molecule has 0 aliphatic carbocycles. The number of nitrogens with one attached hydrogen (secondary N) is 1. The summed E-state index contributed by atoms with van der Waals surface area (Å²) in [5.41, 5.74) is 5.59. The number of hydrogen-bond donors (Lipinski definition) is 2. The molecular formula is C13H19ClN2O3. The predicted molar refractivity (Wildman–Crippen MR) is 75.6 cm³/mol. The van der Waals surface area contributed by atoms with Crippen molar-refractivity contribution >= 4 is 23.4 Å². The van der Waals surface area contributed by atoms with Gasteiger partial charge in [0.05, 0.1) is 17.3 Å². The van der Waals surface area contributed by atoms with Gasteiger partial charge in [0.1, 0.15) is 18.0 Å². The quantitative estimate of drug-likeness (QED) is 0.659. The van der Waals surface area contributed by atoms with E-state index in [1.54, 1.807) is 39.0 Å². The van der Waals surface area contributed by atoms with Crippen LogP contribution < -0.4 is 15.8 Å². The van der Waals surface area contributed by atoms with E-state index < -0.39 is 11.7 Å². The Hall–Kier alpha value is -1.62. The smallest absolute Gasteiger partial charge is 0.407 e. The predicted octanol–water partition coefficient (Wildman–Crippen LogP) is 2.83. The minimum atomic E-state index is -0.504. The lowest BCUT2D eigenvalue weighted by molar-refractivity contribution is 0.0520. The molecule has 0 aromatic heterocycles. The molecule has 1 rings (SSSR count). The van der Waals surface area contributed by atoms with Gasteiger partial charge in [-0.15, -0.1) is 0 Å². The molecule has 0 heterocycles. The lowest BCUT2D eigenvalue weighted by Crippen LogP contribution is -2.34. The summed E-state index contributed by atoms with van der Waals surface area (Å²) < 4.78 is 10.5. The third-order valence-electron chi connectivity index (χ3n) is 2.01. The highest BCUT2D eigenvalue weighted by Gasteiger charge is 2.15. The maximum atomic E-state index is 11.3. The molecular weight excluding hydrogens is 268 g/mol. The minimum absolute atomic E-state index is 0.320. The Kier molecular flexibility index (Phi) is 5.30. The van der Waals surface area contributed by atoms with Crippen molar-refractivity contribution in [3.8, 4) is 5.75 Å². The van der Waals surface area contributed by atoms with Crippen molar-refractivity contribution in [1.29, 1.82) is 0 Å². The highest BCUT2D eigenvalue weighted by molar-refractivity contribution is 6.33. The average Bonchev–Trinajstić information content (AvgIpc) is 2.27. The molecule has 1 amide bonds. The van der Waals surface area contributed by atoms with Crippen LogP contribution in [0.4, 0.5) is 10.5 Å². The summed E-state index contributed by atoms with van der Waals surface area (Å²) in [7, 11) is 0. The second kappa shape index (κ2) is 6.52. The van der Waals surface area contributed by atoms with Crippen LogP contribution in [0.2, 0.25) is 5.02 Å². The molecule has 0 fully saturated rings. The first-order chi connectivity index (χ1) is 8.78. The van der Waals surface area contributed by atoms with Gasteiger partial charge >= 0.3 is 6.09 Å². The monoisotopic (exact) mass is 286 g/mol. The Morgan fingerprint density at radius 1 is 1.42 bits per heavy atom. The second-order valence-corrected chi connectivity index (χ2v) is 5.37. The van der Waals surface area contributed by atoms with Crippen molar-refractivity contribution in [2.24, 2.45) is 0 Å². The number of carbonyl (C=O) groups excluding carboxylic acids is 1. The van der Waals surface area contributed by atoms with E-state index >= 15 is 0 Å². The Bertz CT molecular complexity index is 444. The molecule has 0 atom stereocenters. The van der Waals surface area contributed by atoms with Crippen LogP contribution in [0.15, 0.2) is 18.2 Å². The van der Waals surface area contributed by atoms with Crippen LogP contribution in [0.1, 0.15) is 20.8 Å². The summed E-state index contributed by atoms with van der Waals surface area (Å²) in [6, 6.07) is 5.01. The molecule has 1 aromatic rings. The SMILES string of the molecule is CC(C)(C)OC(=O)NCCOc1ccc(Cl)c(N)c1. The van der Waals surface area contributed by atoms with E-state index in [2.05, 4.69) is 5.32 Å². The van der Waals surface area contributed by atoms with Crippen molar-refractivity contribution in [1.82, 2.24) is 5.32 Å². The van der Waals surface area contributed by atoms with Crippen LogP contribution in [0.25, 0.3) is 0 Å². The molecule has 5 nitrogen and oxygen atoms in total. The molecule has 6 heteroatoms. The van der Waals surface area contributed by atoms with Crippen LogP contribution in [0.3, 0.4) is 0 Å².